The number of primary amides is 1. The van der Waals surface area contributed by atoms with Crippen molar-refractivity contribution in [1.82, 2.24) is 5.32 Å². The minimum Gasteiger partial charge on any atom is -0.368 e. The Morgan fingerprint density at radius 3 is 2.74 bits per heavy atom. The quantitative estimate of drug-likeness (QED) is 0.722. The molecule has 3 N–H and O–H groups in total. The predicted octanol–water partition coefficient (Wildman–Crippen LogP) is 3.33. The maximum atomic E-state index is 11.3. The number of nitrogens with two attached hydrogens (primary N) is 1. The molecule has 0 aliphatic rings. The van der Waals surface area contributed by atoms with Crippen LogP contribution in [0.3, 0.4) is 0 Å². The summed E-state index contributed by atoms with van der Waals surface area (Å²) in [5.74, 6) is 0.491. The third-order valence-electron chi connectivity index (χ3n) is 2.55. The number of carbonyl (C=O) groups excluding carboxylic acids is 1. The molecule has 1 unspecified atom stereocenters. The molecule has 0 spiro atoms. The highest BCUT2D eigenvalue weighted by molar-refractivity contribution is 7.99. The van der Waals surface area contributed by atoms with Gasteiger partial charge in [0, 0.05) is 4.90 Å². The molecule has 1 aromatic carbocycles. The summed E-state index contributed by atoms with van der Waals surface area (Å²) in [6.45, 7) is 2.85. The van der Waals surface area contributed by atoms with Gasteiger partial charge in [-0.05, 0) is 43.3 Å². The van der Waals surface area contributed by atoms with Crippen LogP contribution in [0.5, 0.6) is 0 Å². The van der Waals surface area contributed by atoms with Gasteiger partial charge in [0.05, 0.1) is 16.1 Å². The summed E-state index contributed by atoms with van der Waals surface area (Å²) in [5, 5.41) is 4.23. The summed E-state index contributed by atoms with van der Waals surface area (Å²) >= 11 is 13.4. The van der Waals surface area contributed by atoms with Gasteiger partial charge in [-0.1, -0.05) is 30.1 Å². The molecule has 0 aliphatic heterocycles. The zero-order chi connectivity index (χ0) is 14.3. The summed E-state index contributed by atoms with van der Waals surface area (Å²) in [5.41, 5.74) is 5.35. The van der Waals surface area contributed by atoms with Gasteiger partial charge in [-0.25, -0.2) is 0 Å². The van der Waals surface area contributed by atoms with Gasteiger partial charge in [0.1, 0.15) is 0 Å². The Kier molecular flexibility index (Phi) is 7.61. The molecule has 3 nitrogen and oxygen atoms in total. The van der Waals surface area contributed by atoms with Crippen molar-refractivity contribution < 1.29 is 4.79 Å². The molecular formula is C13H18Cl2N2OS. The van der Waals surface area contributed by atoms with Crippen molar-refractivity contribution in [3.8, 4) is 0 Å². The molecule has 0 aromatic heterocycles. The van der Waals surface area contributed by atoms with Crippen LogP contribution in [0.25, 0.3) is 0 Å². The van der Waals surface area contributed by atoms with Crippen molar-refractivity contribution in [3.05, 3.63) is 28.2 Å². The summed E-state index contributed by atoms with van der Waals surface area (Å²) in [4.78, 5) is 12.3. The number of benzene rings is 1. The van der Waals surface area contributed by atoms with Crippen molar-refractivity contribution in [1.29, 1.82) is 0 Å². The van der Waals surface area contributed by atoms with E-state index in [1.165, 1.54) is 0 Å². The average molecular weight is 321 g/mol. The van der Waals surface area contributed by atoms with Crippen molar-refractivity contribution in [2.24, 2.45) is 5.73 Å². The minimum absolute atomic E-state index is 0.268. The molecule has 0 aliphatic carbocycles. The maximum absolute atomic E-state index is 11.3. The standard InChI is InChI=1S/C13H18Cl2N2OS/c1-2-6-17-12(13(16)18)5-7-19-9-3-4-10(14)11(15)8-9/h3-4,8,12,17H,2,5-7H2,1H3,(H2,16,18). The smallest absolute Gasteiger partial charge is 0.234 e. The van der Waals surface area contributed by atoms with Crippen LogP contribution in [-0.2, 0) is 4.79 Å². The Hall–Kier alpha value is -0.420. The molecule has 1 atom stereocenters. The van der Waals surface area contributed by atoms with Gasteiger partial charge in [0.2, 0.25) is 5.91 Å². The first-order valence-electron chi connectivity index (χ1n) is 6.15. The second kappa shape index (κ2) is 8.69. The molecule has 0 fully saturated rings. The Balaban J connectivity index is 2.42. The molecular weight excluding hydrogens is 303 g/mol. The topological polar surface area (TPSA) is 55.1 Å². The number of hydrogen-bond acceptors (Lipinski definition) is 3. The molecule has 0 saturated heterocycles. The molecule has 6 heteroatoms. The summed E-state index contributed by atoms with van der Waals surface area (Å²) in [6.07, 6.45) is 1.67. The maximum Gasteiger partial charge on any atom is 0.234 e. The van der Waals surface area contributed by atoms with E-state index in [2.05, 4.69) is 12.2 Å². The normalized spacial score (nSPS) is 12.4. The first-order valence-corrected chi connectivity index (χ1v) is 7.89. The second-order valence-corrected chi connectivity index (χ2v) is 6.10. The van der Waals surface area contributed by atoms with Crippen LogP contribution >= 0.6 is 35.0 Å². The van der Waals surface area contributed by atoms with E-state index in [1.807, 2.05) is 12.1 Å². The number of thioether (sulfide) groups is 1. The SMILES string of the molecule is CCCNC(CCSc1ccc(Cl)c(Cl)c1)C(N)=O. The van der Waals surface area contributed by atoms with Crippen LogP contribution < -0.4 is 11.1 Å². The van der Waals surface area contributed by atoms with Crippen LogP contribution in [0, 0.1) is 0 Å². The lowest BCUT2D eigenvalue weighted by molar-refractivity contribution is -0.120. The largest absolute Gasteiger partial charge is 0.368 e. The van der Waals surface area contributed by atoms with E-state index in [1.54, 1.807) is 17.8 Å². The Morgan fingerprint density at radius 2 is 2.16 bits per heavy atom. The summed E-state index contributed by atoms with van der Waals surface area (Å²) < 4.78 is 0. The number of rotatable bonds is 8. The van der Waals surface area contributed by atoms with Gasteiger partial charge in [-0.15, -0.1) is 11.8 Å². The van der Waals surface area contributed by atoms with Gasteiger partial charge >= 0.3 is 0 Å². The first kappa shape index (κ1) is 16.6. The van der Waals surface area contributed by atoms with E-state index < -0.39 is 0 Å². The molecule has 0 bridgehead atoms. The van der Waals surface area contributed by atoms with Crippen LogP contribution in [0.2, 0.25) is 10.0 Å². The number of halogens is 2. The fourth-order valence-electron chi connectivity index (χ4n) is 1.52. The van der Waals surface area contributed by atoms with Crippen molar-refractivity contribution in [3.63, 3.8) is 0 Å². The second-order valence-electron chi connectivity index (χ2n) is 4.12. The number of amides is 1. The lowest BCUT2D eigenvalue weighted by Crippen LogP contribution is -2.41. The molecule has 0 saturated carbocycles. The van der Waals surface area contributed by atoms with E-state index in [4.69, 9.17) is 28.9 Å². The van der Waals surface area contributed by atoms with Gasteiger partial charge in [0.25, 0.3) is 0 Å². The van der Waals surface area contributed by atoms with Crippen molar-refractivity contribution in [2.75, 3.05) is 12.3 Å². The van der Waals surface area contributed by atoms with E-state index in [0.29, 0.717) is 16.5 Å². The summed E-state index contributed by atoms with van der Waals surface area (Å²) in [6, 6.07) is 5.24. The monoisotopic (exact) mass is 320 g/mol. The molecule has 19 heavy (non-hydrogen) atoms. The Labute approximate surface area is 128 Å². The first-order chi connectivity index (χ1) is 9.04. The highest BCUT2D eigenvalue weighted by atomic mass is 35.5. The molecule has 106 valence electrons. The fourth-order valence-corrected chi connectivity index (χ4v) is 2.84. The van der Waals surface area contributed by atoms with Gasteiger partial charge in [-0.2, -0.15) is 0 Å². The van der Waals surface area contributed by atoms with E-state index in [9.17, 15) is 4.79 Å². The Bertz CT molecular complexity index is 429. The number of hydrogen-bond donors (Lipinski definition) is 2. The fraction of sp³-hybridized carbons (Fsp3) is 0.462. The van der Waals surface area contributed by atoms with E-state index in [-0.39, 0.29) is 11.9 Å². The highest BCUT2D eigenvalue weighted by Gasteiger charge is 2.13. The van der Waals surface area contributed by atoms with Gasteiger partial charge in [0.15, 0.2) is 0 Å². The molecule has 1 aromatic rings. The van der Waals surface area contributed by atoms with Gasteiger partial charge in [-0.3, -0.25) is 4.79 Å². The zero-order valence-corrected chi connectivity index (χ0v) is 13.1. The molecule has 0 heterocycles. The van der Waals surface area contributed by atoms with Crippen LogP contribution in [0.4, 0.5) is 0 Å². The van der Waals surface area contributed by atoms with Gasteiger partial charge < -0.3 is 11.1 Å². The Morgan fingerprint density at radius 1 is 1.42 bits per heavy atom. The highest BCUT2D eigenvalue weighted by Crippen LogP contribution is 2.28. The lowest BCUT2D eigenvalue weighted by Gasteiger charge is -2.14. The average Bonchev–Trinajstić information content (AvgIpc) is 2.37. The number of carbonyl (C=O) groups is 1. The third kappa shape index (κ3) is 6.04. The summed E-state index contributed by atoms with van der Waals surface area (Å²) in [7, 11) is 0. The van der Waals surface area contributed by atoms with Crippen LogP contribution in [-0.4, -0.2) is 24.2 Å². The minimum atomic E-state index is -0.303. The molecule has 1 amide bonds. The van der Waals surface area contributed by atoms with Crippen LogP contribution in [0.15, 0.2) is 23.1 Å². The van der Waals surface area contributed by atoms with E-state index in [0.717, 1.165) is 23.6 Å². The third-order valence-corrected chi connectivity index (χ3v) is 4.32. The van der Waals surface area contributed by atoms with E-state index >= 15 is 0 Å². The van der Waals surface area contributed by atoms with Crippen molar-refractivity contribution >= 4 is 40.9 Å². The van der Waals surface area contributed by atoms with Crippen LogP contribution in [0.1, 0.15) is 19.8 Å². The predicted molar refractivity (Wildman–Crippen MR) is 83.1 cm³/mol. The number of nitrogens with one attached hydrogen (secondary N) is 1. The molecule has 0 radical (unpaired) electrons. The molecule has 1 rings (SSSR count). The zero-order valence-electron chi connectivity index (χ0n) is 10.8. The van der Waals surface area contributed by atoms with Crippen molar-refractivity contribution in [2.45, 2.75) is 30.7 Å². The lowest BCUT2D eigenvalue weighted by atomic mass is 10.2.